The second-order valence-corrected chi connectivity index (χ2v) is 7.06. The molecule has 0 saturated heterocycles. The van der Waals surface area contributed by atoms with Crippen LogP contribution in [0.15, 0.2) is 48.8 Å². The molecule has 0 bridgehead atoms. The molecule has 0 spiro atoms. The van der Waals surface area contributed by atoms with E-state index in [1.165, 1.54) is 11.1 Å². The van der Waals surface area contributed by atoms with E-state index in [4.69, 9.17) is 0 Å². The van der Waals surface area contributed by atoms with Crippen molar-refractivity contribution in [1.29, 1.82) is 0 Å². The number of pyridine rings is 1. The van der Waals surface area contributed by atoms with Crippen LogP contribution in [-0.4, -0.2) is 21.3 Å². The van der Waals surface area contributed by atoms with Crippen molar-refractivity contribution in [3.05, 3.63) is 71.2 Å². The van der Waals surface area contributed by atoms with Crippen LogP contribution in [0.25, 0.3) is 5.65 Å². The zero-order valence-corrected chi connectivity index (χ0v) is 16.0. The molecular weight excluding hydrogens is 322 g/mol. The highest BCUT2D eigenvalue weighted by Crippen LogP contribution is 2.31. The molecule has 4 heteroatoms. The van der Waals surface area contributed by atoms with E-state index in [1.54, 1.807) is 0 Å². The van der Waals surface area contributed by atoms with E-state index in [-0.39, 0.29) is 17.9 Å². The lowest BCUT2D eigenvalue weighted by molar-refractivity contribution is -0.121. The van der Waals surface area contributed by atoms with Crippen LogP contribution >= 0.6 is 0 Å². The van der Waals surface area contributed by atoms with Crippen LogP contribution in [0.5, 0.6) is 0 Å². The number of nitrogens with one attached hydrogen (secondary N) is 1. The third kappa shape index (κ3) is 3.64. The third-order valence-corrected chi connectivity index (χ3v) is 5.09. The largest absolute Gasteiger partial charge is 0.354 e. The number of carbonyl (C=O) groups is 1. The maximum Gasteiger partial charge on any atom is 0.221 e. The summed E-state index contributed by atoms with van der Waals surface area (Å²) in [5.41, 5.74) is 5.50. The van der Waals surface area contributed by atoms with Crippen molar-refractivity contribution in [3.8, 4) is 0 Å². The molecule has 2 unspecified atom stereocenters. The molecule has 2 heterocycles. The smallest absolute Gasteiger partial charge is 0.221 e. The lowest BCUT2D eigenvalue weighted by Crippen LogP contribution is -2.33. The number of carbonyl (C=O) groups excluding carboxylic acids is 1. The van der Waals surface area contributed by atoms with Gasteiger partial charge in [-0.3, -0.25) is 4.79 Å². The molecule has 1 amide bonds. The minimum Gasteiger partial charge on any atom is -0.354 e. The van der Waals surface area contributed by atoms with Crippen LogP contribution in [0.1, 0.15) is 55.0 Å². The Morgan fingerprint density at radius 1 is 1.15 bits per heavy atom. The number of amides is 1. The van der Waals surface area contributed by atoms with Crippen molar-refractivity contribution >= 4 is 11.6 Å². The highest BCUT2D eigenvalue weighted by atomic mass is 16.1. The van der Waals surface area contributed by atoms with Gasteiger partial charge in [0, 0.05) is 30.8 Å². The Morgan fingerprint density at radius 3 is 2.62 bits per heavy atom. The first-order chi connectivity index (χ1) is 12.5. The Labute approximate surface area is 155 Å². The predicted octanol–water partition coefficient (Wildman–Crippen LogP) is 4.39. The molecular formula is C22H27N3O. The lowest BCUT2D eigenvalue weighted by atomic mass is 9.89. The summed E-state index contributed by atoms with van der Waals surface area (Å²) in [7, 11) is 0. The fourth-order valence-electron chi connectivity index (χ4n) is 3.40. The Morgan fingerprint density at radius 2 is 1.88 bits per heavy atom. The molecule has 2 aromatic heterocycles. The molecule has 26 heavy (non-hydrogen) atoms. The molecule has 4 nitrogen and oxygen atoms in total. The summed E-state index contributed by atoms with van der Waals surface area (Å²) in [5, 5.41) is 3.10. The number of imidazole rings is 1. The van der Waals surface area contributed by atoms with Gasteiger partial charge in [0.05, 0.1) is 5.69 Å². The Kier molecular flexibility index (Phi) is 5.40. The van der Waals surface area contributed by atoms with Crippen LogP contribution in [0.2, 0.25) is 0 Å². The highest BCUT2D eigenvalue weighted by molar-refractivity contribution is 5.78. The van der Waals surface area contributed by atoms with Gasteiger partial charge in [0.25, 0.3) is 0 Å². The first kappa shape index (κ1) is 18.2. The number of hydrogen-bond donors (Lipinski definition) is 1. The van der Waals surface area contributed by atoms with Crippen LogP contribution < -0.4 is 5.32 Å². The van der Waals surface area contributed by atoms with Crippen molar-refractivity contribution in [3.63, 3.8) is 0 Å². The molecule has 0 radical (unpaired) electrons. The zero-order valence-electron chi connectivity index (χ0n) is 16.0. The van der Waals surface area contributed by atoms with Gasteiger partial charge in [-0.15, -0.1) is 0 Å². The molecule has 0 aliphatic carbocycles. The van der Waals surface area contributed by atoms with E-state index in [0.717, 1.165) is 23.3 Å². The average Bonchev–Trinajstić information content (AvgIpc) is 3.05. The SMILES string of the molecule is CCC(C)NC(=O)CC(c1ccccc1C)c1cnc2c(C)cccn12. The van der Waals surface area contributed by atoms with Gasteiger partial charge in [-0.2, -0.15) is 0 Å². The van der Waals surface area contributed by atoms with Gasteiger partial charge in [0.1, 0.15) is 5.65 Å². The summed E-state index contributed by atoms with van der Waals surface area (Å²) in [6, 6.07) is 12.6. The van der Waals surface area contributed by atoms with E-state index >= 15 is 0 Å². The molecule has 0 aliphatic rings. The van der Waals surface area contributed by atoms with Crippen LogP contribution in [0.3, 0.4) is 0 Å². The molecule has 136 valence electrons. The summed E-state index contributed by atoms with van der Waals surface area (Å²) in [6.07, 6.45) is 5.28. The molecule has 1 N–H and O–H groups in total. The molecule has 0 saturated carbocycles. The van der Waals surface area contributed by atoms with E-state index < -0.39 is 0 Å². The summed E-state index contributed by atoms with van der Waals surface area (Å²) in [5.74, 6) is 0.0484. The van der Waals surface area contributed by atoms with Crippen LogP contribution in [-0.2, 0) is 4.79 Å². The summed E-state index contributed by atoms with van der Waals surface area (Å²) in [6.45, 7) is 8.28. The molecule has 0 fully saturated rings. The fraction of sp³-hybridized carbons (Fsp3) is 0.364. The first-order valence-electron chi connectivity index (χ1n) is 9.28. The lowest BCUT2D eigenvalue weighted by Gasteiger charge is -2.20. The maximum absolute atomic E-state index is 12.7. The summed E-state index contributed by atoms with van der Waals surface area (Å²) in [4.78, 5) is 17.3. The van der Waals surface area contributed by atoms with Crippen molar-refractivity contribution in [1.82, 2.24) is 14.7 Å². The monoisotopic (exact) mass is 349 g/mol. The second-order valence-electron chi connectivity index (χ2n) is 7.06. The Hall–Kier alpha value is -2.62. The van der Waals surface area contributed by atoms with Crippen molar-refractivity contribution in [2.24, 2.45) is 0 Å². The summed E-state index contributed by atoms with van der Waals surface area (Å²) < 4.78 is 2.11. The minimum absolute atomic E-state index is 0.0305. The average molecular weight is 349 g/mol. The van der Waals surface area contributed by atoms with Crippen molar-refractivity contribution in [2.45, 2.75) is 52.5 Å². The third-order valence-electron chi connectivity index (χ3n) is 5.09. The van der Waals surface area contributed by atoms with Gasteiger partial charge in [0.15, 0.2) is 0 Å². The number of hydrogen-bond acceptors (Lipinski definition) is 2. The number of rotatable bonds is 6. The molecule has 0 aliphatic heterocycles. The second kappa shape index (κ2) is 7.73. The van der Waals surface area contributed by atoms with E-state index in [1.807, 2.05) is 37.5 Å². The van der Waals surface area contributed by atoms with Crippen LogP contribution in [0.4, 0.5) is 0 Å². The Bertz CT molecular complexity index is 913. The van der Waals surface area contributed by atoms with E-state index in [0.29, 0.717) is 6.42 Å². The van der Waals surface area contributed by atoms with E-state index in [2.05, 4.69) is 53.7 Å². The molecule has 3 aromatic rings. The quantitative estimate of drug-likeness (QED) is 0.717. The Balaban J connectivity index is 2.04. The van der Waals surface area contributed by atoms with Crippen molar-refractivity contribution < 1.29 is 4.79 Å². The van der Waals surface area contributed by atoms with Gasteiger partial charge in [-0.1, -0.05) is 37.3 Å². The van der Waals surface area contributed by atoms with E-state index in [9.17, 15) is 4.79 Å². The maximum atomic E-state index is 12.7. The predicted molar refractivity (Wildman–Crippen MR) is 105 cm³/mol. The number of nitrogens with zero attached hydrogens (tertiary/aromatic N) is 2. The molecule has 2 atom stereocenters. The number of benzene rings is 1. The normalized spacial score (nSPS) is 13.5. The zero-order chi connectivity index (χ0) is 18.7. The van der Waals surface area contributed by atoms with Gasteiger partial charge >= 0.3 is 0 Å². The number of aryl methyl sites for hydroxylation is 2. The number of aromatic nitrogens is 2. The first-order valence-corrected chi connectivity index (χ1v) is 9.28. The standard InChI is InChI=1S/C22H27N3O/c1-5-17(4)24-21(26)13-19(18-11-7-6-9-15(18)2)20-14-23-22-16(3)10-8-12-25(20)22/h6-12,14,17,19H,5,13H2,1-4H3,(H,24,26). The molecule has 3 rings (SSSR count). The fourth-order valence-corrected chi connectivity index (χ4v) is 3.40. The highest BCUT2D eigenvalue weighted by Gasteiger charge is 2.23. The van der Waals surface area contributed by atoms with Gasteiger partial charge in [0.2, 0.25) is 5.91 Å². The topological polar surface area (TPSA) is 46.4 Å². The molecule has 1 aromatic carbocycles. The van der Waals surface area contributed by atoms with Crippen LogP contribution in [0, 0.1) is 13.8 Å². The van der Waals surface area contributed by atoms with Gasteiger partial charge < -0.3 is 9.72 Å². The number of fused-ring (bicyclic) bond motifs is 1. The summed E-state index contributed by atoms with van der Waals surface area (Å²) >= 11 is 0. The van der Waals surface area contributed by atoms with Crippen molar-refractivity contribution in [2.75, 3.05) is 0 Å². The van der Waals surface area contributed by atoms with Gasteiger partial charge in [-0.05, 0) is 49.9 Å². The minimum atomic E-state index is -0.0305. The van der Waals surface area contributed by atoms with Gasteiger partial charge in [-0.25, -0.2) is 4.98 Å².